The molecule has 2 N–H and O–H groups in total. The van der Waals surface area contributed by atoms with Gasteiger partial charge in [-0.2, -0.15) is 5.10 Å². The Morgan fingerprint density at radius 3 is 2.53 bits per heavy atom. The van der Waals surface area contributed by atoms with E-state index < -0.39 is 0 Å². The molecule has 0 bridgehead atoms. The molecule has 1 aromatic rings. The topological polar surface area (TPSA) is 43.8 Å². The summed E-state index contributed by atoms with van der Waals surface area (Å²) in [4.78, 5) is 0. The van der Waals surface area contributed by atoms with Crippen LogP contribution < -0.4 is 5.73 Å². The number of hydrogen-bond donors (Lipinski definition) is 1. The zero-order valence-corrected chi connectivity index (χ0v) is 10.1. The maximum atomic E-state index is 5.96. The largest absolute Gasteiger partial charge is 0.330 e. The number of nitrogens with two attached hydrogens (primary N) is 1. The Hall–Kier alpha value is -0.830. The van der Waals surface area contributed by atoms with E-state index in [1.54, 1.807) is 0 Å². The molecule has 1 aromatic heterocycles. The Morgan fingerprint density at radius 1 is 1.53 bits per heavy atom. The average molecular weight is 207 g/mol. The van der Waals surface area contributed by atoms with Gasteiger partial charge in [0.25, 0.3) is 0 Å². The van der Waals surface area contributed by atoms with Crippen LogP contribution in [0.1, 0.15) is 45.9 Å². The maximum absolute atomic E-state index is 5.96. The summed E-state index contributed by atoms with van der Waals surface area (Å²) in [6.45, 7) is 9.62. The second kappa shape index (κ2) is 3.08. The molecule has 1 unspecified atom stereocenters. The molecule has 1 atom stereocenters. The van der Waals surface area contributed by atoms with Crippen LogP contribution in [-0.4, -0.2) is 16.3 Å². The quantitative estimate of drug-likeness (QED) is 0.824. The van der Waals surface area contributed by atoms with Gasteiger partial charge in [-0.1, -0.05) is 13.8 Å². The second-order valence-corrected chi connectivity index (χ2v) is 5.60. The van der Waals surface area contributed by atoms with E-state index in [-0.39, 0.29) is 5.41 Å². The highest BCUT2D eigenvalue weighted by molar-refractivity contribution is 5.32. The summed E-state index contributed by atoms with van der Waals surface area (Å²) in [6.07, 6.45) is 3.07. The van der Waals surface area contributed by atoms with Crippen LogP contribution in [0, 0.1) is 5.41 Å². The lowest BCUT2D eigenvalue weighted by atomic mass is 9.92. The van der Waals surface area contributed by atoms with Crippen molar-refractivity contribution in [1.82, 2.24) is 9.78 Å². The second-order valence-electron chi connectivity index (χ2n) is 5.60. The molecule has 1 fully saturated rings. The van der Waals surface area contributed by atoms with Crippen LogP contribution in [-0.2, 0) is 5.41 Å². The standard InChI is InChI=1S/C12H21N3/c1-9(2)15-10(5-6-14-15)12(8-13)7-11(12,3)4/h5-6,9H,7-8,13H2,1-4H3. The van der Waals surface area contributed by atoms with Gasteiger partial charge < -0.3 is 5.73 Å². The van der Waals surface area contributed by atoms with Crippen molar-refractivity contribution in [2.24, 2.45) is 11.1 Å². The molecular weight excluding hydrogens is 186 g/mol. The van der Waals surface area contributed by atoms with Gasteiger partial charge in [0.1, 0.15) is 0 Å². The fourth-order valence-electron chi connectivity index (χ4n) is 2.71. The van der Waals surface area contributed by atoms with Crippen LogP contribution in [0.15, 0.2) is 12.3 Å². The van der Waals surface area contributed by atoms with Gasteiger partial charge in [-0.05, 0) is 31.7 Å². The first-order chi connectivity index (χ1) is 6.94. The third kappa shape index (κ3) is 1.33. The van der Waals surface area contributed by atoms with E-state index in [4.69, 9.17) is 5.73 Å². The number of hydrogen-bond acceptors (Lipinski definition) is 2. The predicted molar refractivity (Wildman–Crippen MR) is 61.7 cm³/mol. The summed E-state index contributed by atoms with van der Waals surface area (Å²) in [5, 5.41) is 4.40. The average Bonchev–Trinajstić information content (AvgIpc) is 2.59. The van der Waals surface area contributed by atoms with Crippen molar-refractivity contribution in [3.05, 3.63) is 18.0 Å². The van der Waals surface area contributed by atoms with Crippen molar-refractivity contribution in [3.8, 4) is 0 Å². The molecular formula is C12H21N3. The third-order valence-electron chi connectivity index (χ3n) is 3.91. The number of aromatic nitrogens is 2. The molecule has 0 radical (unpaired) electrons. The zero-order valence-electron chi connectivity index (χ0n) is 10.1. The Kier molecular flexibility index (Phi) is 2.19. The molecule has 2 rings (SSSR count). The molecule has 0 amide bonds. The lowest BCUT2D eigenvalue weighted by Crippen LogP contribution is -2.29. The van der Waals surface area contributed by atoms with Crippen LogP contribution in [0.5, 0.6) is 0 Å². The van der Waals surface area contributed by atoms with Gasteiger partial charge in [0.15, 0.2) is 0 Å². The summed E-state index contributed by atoms with van der Waals surface area (Å²) in [6, 6.07) is 2.54. The van der Waals surface area contributed by atoms with Gasteiger partial charge >= 0.3 is 0 Å². The van der Waals surface area contributed by atoms with E-state index in [0.29, 0.717) is 11.5 Å². The predicted octanol–water partition coefficient (Wildman–Crippen LogP) is 2.09. The first kappa shape index (κ1) is 10.7. The van der Waals surface area contributed by atoms with Crippen LogP contribution in [0.25, 0.3) is 0 Å². The molecule has 1 saturated carbocycles. The van der Waals surface area contributed by atoms with Crippen LogP contribution in [0.3, 0.4) is 0 Å². The van der Waals surface area contributed by atoms with Crippen molar-refractivity contribution >= 4 is 0 Å². The minimum atomic E-state index is 0.160. The van der Waals surface area contributed by atoms with Crippen molar-refractivity contribution in [2.75, 3.05) is 6.54 Å². The molecule has 3 nitrogen and oxygen atoms in total. The molecule has 0 aromatic carbocycles. The van der Waals surface area contributed by atoms with Crippen LogP contribution >= 0.6 is 0 Å². The molecule has 1 aliphatic carbocycles. The summed E-state index contributed by atoms with van der Waals surface area (Å²) < 4.78 is 2.11. The van der Waals surface area contributed by atoms with Crippen molar-refractivity contribution in [1.29, 1.82) is 0 Å². The highest BCUT2D eigenvalue weighted by Crippen LogP contribution is 2.63. The first-order valence-electron chi connectivity index (χ1n) is 5.69. The third-order valence-corrected chi connectivity index (χ3v) is 3.91. The maximum Gasteiger partial charge on any atom is 0.0492 e. The normalized spacial score (nSPS) is 28.4. The SMILES string of the molecule is CC(C)n1nccc1C1(CN)CC1(C)C. The number of rotatable bonds is 3. The Morgan fingerprint density at radius 2 is 2.13 bits per heavy atom. The first-order valence-corrected chi connectivity index (χ1v) is 5.69. The summed E-state index contributed by atoms with van der Waals surface area (Å²) in [7, 11) is 0. The van der Waals surface area contributed by atoms with E-state index >= 15 is 0 Å². The molecule has 3 heteroatoms. The molecule has 1 heterocycles. The fraction of sp³-hybridized carbons (Fsp3) is 0.750. The minimum Gasteiger partial charge on any atom is -0.330 e. The van der Waals surface area contributed by atoms with Crippen LogP contribution in [0.4, 0.5) is 0 Å². The minimum absolute atomic E-state index is 0.160. The lowest BCUT2D eigenvalue weighted by Gasteiger charge is -2.21. The Labute approximate surface area is 91.7 Å². The Bertz CT molecular complexity index is 365. The number of nitrogens with zero attached hydrogens (tertiary/aromatic N) is 2. The Balaban J connectivity index is 2.42. The molecule has 0 saturated heterocycles. The van der Waals surface area contributed by atoms with E-state index in [0.717, 1.165) is 6.54 Å². The highest BCUT2D eigenvalue weighted by atomic mass is 15.3. The van der Waals surface area contributed by atoms with E-state index in [1.165, 1.54) is 12.1 Å². The van der Waals surface area contributed by atoms with Crippen molar-refractivity contribution < 1.29 is 0 Å². The zero-order chi connectivity index (χ0) is 11.3. The molecule has 84 valence electrons. The van der Waals surface area contributed by atoms with Crippen molar-refractivity contribution in [2.45, 2.75) is 45.6 Å². The highest BCUT2D eigenvalue weighted by Gasteiger charge is 2.62. The van der Waals surface area contributed by atoms with Gasteiger partial charge in [-0.25, -0.2) is 0 Å². The van der Waals surface area contributed by atoms with E-state index in [2.05, 4.69) is 43.5 Å². The monoisotopic (exact) mass is 207 g/mol. The molecule has 1 aliphatic rings. The van der Waals surface area contributed by atoms with Gasteiger partial charge in [-0.3, -0.25) is 4.68 Å². The smallest absolute Gasteiger partial charge is 0.0492 e. The summed E-state index contributed by atoms with van der Waals surface area (Å²) in [5.74, 6) is 0. The van der Waals surface area contributed by atoms with Crippen LogP contribution in [0.2, 0.25) is 0 Å². The fourth-order valence-corrected chi connectivity index (χ4v) is 2.71. The van der Waals surface area contributed by atoms with E-state index in [1.807, 2.05) is 6.20 Å². The molecule has 0 spiro atoms. The van der Waals surface area contributed by atoms with Gasteiger partial charge in [0, 0.05) is 29.9 Å². The summed E-state index contributed by atoms with van der Waals surface area (Å²) >= 11 is 0. The lowest BCUT2D eigenvalue weighted by molar-refractivity contribution is 0.430. The van der Waals surface area contributed by atoms with Gasteiger partial charge in [0.2, 0.25) is 0 Å². The van der Waals surface area contributed by atoms with Crippen molar-refractivity contribution in [3.63, 3.8) is 0 Å². The van der Waals surface area contributed by atoms with Gasteiger partial charge in [0.05, 0.1) is 0 Å². The summed E-state index contributed by atoms with van der Waals surface area (Å²) in [5.41, 5.74) is 7.76. The molecule has 15 heavy (non-hydrogen) atoms. The van der Waals surface area contributed by atoms with E-state index in [9.17, 15) is 0 Å². The van der Waals surface area contributed by atoms with Gasteiger partial charge in [-0.15, -0.1) is 0 Å². The molecule has 0 aliphatic heterocycles.